The molecule has 0 aliphatic heterocycles. The Labute approximate surface area is 147 Å². The van der Waals surface area contributed by atoms with E-state index in [0.29, 0.717) is 0 Å². The van der Waals surface area contributed by atoms with Gasteiger partial charge in [-0.15, -0.1) is 0 Å². The molecule has 134 valence electrons. The van der Waals surface area contributed by atoms with Crippen molar-refractivity contribution >= 4 is 0 Å². The van der Waals surface area contributed by atoms with Gasteiger partial charge in [0.2, 0.25) is 0 Å². The Morgan fingerprint density at radius 2 is 1.00 bits per heavy atom. The van der Waals surface area contributed by atoms with Crippen LogP contribution in [0, 0.1) is 0 Å². The third-order valence-corrected chi connectivity index (χ3v) is 4.25. The highest BCUT2D eigenvalue weighted by atomic mass is 14.0. The number of rotatable bonds is 17. The van der Waals surface area contributed by atoms with Crippen LogP contribution in [0.5, 0.6) is 0 Å². The molecule has 0 rings (SSSR count). The minimum atomic E-state index is 1.08. The second kappa shape index (κ2) is 21.2. The van der Waals surface area contributed by atoms with Crippen LogP contribution in [0.1, 0.15) is 110 Å². The zero-order valence-corrected chi connectivity index (χ0v) is 16.1. The molecule has 0 unspecified atom stereocenters. The van der Waals surface area contributed by atoms with Crippen LogP contribution in [-0.2, 0) is 0 Å². The lowest BCUT2D eigenvalue weighted by Gasteiger charge is -2.01. The summed E-state index contributed by atoms with van der Waals surface area (Å²) >= 11 is 0. The lowest BCUT2D eigenvalue weighted by molar-refractivity contribution is 0.550. The van der Waals surface area contributed by atoms with Crippen LogP contribution >= 0.6 is 0 Å². The number of hydrogen-bond acceptors (Lipinski definition) is 0. The average molecular weight is 319 g/mol. The van der Waals surface area contributed by atoms with E-state index in [1.807, 2.05) is 0 Å². The molecule has 0 bridgehead atoms. The van der Waals surface area contributed by atoms with E-state index in [1.54, 1.807) is 0 Å². The number of hydrogen-bond donors (Lipinski definition) is 0. The van der Waals surface area contributed by atoms with E-state index in [2.05, 4.69) is 50.3 Å². The molecular formula is C23H42. The minimum Gasteiger partial charge on any atom is -0.0882 e. The maximum atomic E-state index is 2.35. The van der Waals surface area contributed by atoms with Crippen molar-refractivity contribution in [3.8, 4) is 0 Å². The lowest BCUT2D eigenvalue weighted by Crippen LogP contribution is -1.81. The molecule has 0 spiro atoms. The normalized spacial score (nSPS) is 12.3. The SMILES string of the molecule is CCC/C=C/C=C\C/C=C\CCCCCCCCCCCCC. The number of allylic oxidation sites excluding steroid dienone is 6. The molecule has 0 aliphatic carbocycles. The van der Waals surface area contributed by atoms with E-state index in [-0.39, 0.29) is 0 Å². The van der Waals surface area contributed by atoms with E-state index >= 15 is 0 Å². The summed E-state index contributed by atoms with van der Waals surface area (Å²) in [6.07, 6.45) is 34.0. The Kier molecular flexibility index (Phi) is 20.5. The molecule has 0 nitrogen and oxygen atoms in total. The van der Waals surface area contributed by atoms with Crippen molar-refractivity contribution in [3.05, 3.63) is 36.5 Å². The highest BCUT2D eigenvalue weighted by Crippen LogP contribution is 2.12. The molecule has 0 saturated carbocycles. The molecule has 0 amide bonds. The van der Waals surface area contributed by atoms with Crippen LogP contribution in [0.3, 0.4) is 0 Å². The molecule has 0 atom stereocenters. The van der Waals surface area contributed by atoms with Crippen LogP contribution in [0.15, 0.2) is 36.5 Å². The molecule has 0 aromatic heterocycles. The minimum absolute atomic E-state index is 1.08. The van der Waals surface area contributed by atoms with E-state index in [1.165, 1.54) is 89.9 Å². The van der Waals surface area contributed by atoms with Gasteiger partial charge in [0.25, 0.3) is 0 Å². The van der Waals surface area contributed by atoms with Crippen LogP contribution in [0.25, 0.3) is 0 Å². The first kappa shape index (κ1) is 22.2. The summed E-state index contributed by atoms with van der Waals surface area (Å²) in [4.78, 5) is 0. The smallest absolute Gasteiger partial charge is 0.0166 e. The van der Waals surface area contributed by atoms with E-state index < -0.39 is 0 Å². The molecule has 0 aliphatic rings. The molecule has 0 aromatic rings. The van der Waals surface area contributed by atoms with Crippen molar-refractivity contribution in [3.63, 3.8) is 0 Å². The molecule has 0 heterocycles. The van der Waals surface area contributed by atoms with Crippen molar-refractivity contribution in [1.29, 1.82) is 0 Å². The molecule has 0 N–H and O–H groups in total. The van der Waals surface area contributed by atoms with Crippen molar-refractivity contribution in [1.82, 2.24) is 0 Å². The van der Waals surface area contributed by atoms with Gasteiger partial charge in [-0.3, -0.25) is 0 Å². The molecule has 0 heteroatoms. The first-order valence-electron chi connectivity index (χ1n) is 10.4. The highest BCUT2D eigenvalue weighted by Gasteiger charge is 1.92. The predicted molar refractivity (Wildman–Crippen MR) is 108 cm³/mol. The van der Waals surface area contributed by atoms with E-state index in [0.717, 1.165) is 6.42 Å². The molecular weight excluding hydrogens is 276 g/mol. The van der Waals surface area contributed by atoms with Gasteiger partial charge in [-0.1, -0.05) is 121 Å². The third kappa shape index (κ3) is 21.2. The fraction of sp³-hybridized carbons (Fsp3) is 0.739. The van der Waals surface area contributed by atoms with Gasteiger partial charge in [-0.25, -0.2) is 0 Å². The van der Waals surface area contributed by atoms with E-state index in [4.69, 9.17) is 0 Å². The summed E-state index contributed by atoms with van der Waals surface area (Å²) in [6, 6.07) is 0. The van der Waals surface area contributed by atoms with Gasteiger partial charge in [0.05, 0.1) is 0 Å². The maximum Gasteiger partial charge on any atom is -0.0166 e. The molecule has 0 fully saturated rings. The summed E-state index contributed by atoms with van der Waals surface area (Å²) in [5.74, 6) is 0. The summed E-state index contributed by atoms with van der Waals surface area (Å²) < 4.78 is 0. The summed E-state index contributed by atoms with van der Waals surface area (Å²) in [5, 5.41) is 0. The van der Waals surface area contributed by atoms with Crippen LogP contribution < -0.4 is 0 Å². The third-order valence-electron chi connectivity index (χ3n) is 4.25. The first-order chi connectivity index (χ1) is 11.4. The Morgan fingerprint density at radius 1 is 0.435 bits per heavy atom. The Morgan fingerprint density at radius 3 is 1.61 bits per heavy atom. The van der Waals surface area contributed by atoms with Crippen molar-refractivity contribution in [2.24, 2.45) is 0 Å². The molecule has 0 aromatic carbocycles. The van der Waals surface area contributed by atoms with E-state index in [9.17, 15) is 0 Å². The lowest BCUT2D eigenvalue weighted by atomic mass is 10.1. The summed E-state index contributed by atoms with van der Waals surface area (Å²) in [7, 11) is 0. The van der Waals surface area contributed by atoms with Crippen molar-refractivity contribution in [2.75, 3.05) is 0 Å². The maximum absolute atomic E-state index is 2.35. The van der Waals surface area contributed by atoms with Gasteiger partial charge in [0.1, 0.15) is 0 Å². The van der Waals surface area contributed by atoms with Crippen LogP contribution in [0.4, 0.5) is 0 Å². The van der Waals surface area contributed by atoms with Gasteiger partial charge in [-0.05, 0) is 25.7 Å². The van der Waals surface area contributed by atoms with Gasteiger partial charge in [0, 0.05) is 0 Å². The second-order valence-corrected chi connectivity index (χ2v) is 6.68. The Bertz CT molecular complexity index is 282. The monoisotopic (exact) mass is 318 g/mol. The van der Waals surface area contributed by atoms with Gasteiger partial charge < -0.3 is 0 Å². The predicted octanol–water partition coefficient (Wildman–Crippen LogP) is 8.55. The highest BCUT2D eigenvalue weighted by molar-refractivity contribution is 5.04. The summed E-state index contributed by atoms with van der Waals surface area (Å²) in [6.45, 7) is 4.50. The molecule has 23 heavy (non-hydrogen) atoms. The van der Waals surface area contributed by atoms with Gasteiger partial charge >= 0.3 is 0 Å². The number of unbranched alkanes of at least 4 members (excludes halogenated alkanes) is 12. The summed E-state index contributed by atoms with van der Waals surface area (Å²) in [5.41, 5.74) is 0. The first-order valence-corrected chi connectivity index (χ1v) is 10.4. The van der Waals surface area contributed by atoms with Crippen molar-refractivity contribution in [2.45, 2.75) is 110 Å². The largest absolute Gasteiger partial charge is 0.0882 e. The Balaban J connectivity index is 3.16. The zero-order valence-electron chi connectivity index (χ0n) is 16.1. The second-order valence-electron chi connectivity index (χ2n) is 6.68. The van der Waals surface area contributed by atoms with Crippen LogP contribution in [0.2, 0.25) is 0 Å². The molecule has 0 radical (unpaired) electrons. The van der Waals surface area contributed by atoms with Gasteiger partial charge in [-0.2, -0.15) is 0 Å². The quantitative estimate of drug-likeness (QED) is 0.143. The average Bonchev–Trinajstić information content (AvgIpc) is 2.57. The topological polar surface area (TPSA) is 0 Å². The van der Waals surface area contributed by atoms with Crippen LogP contribution in [-0.4, -0.2) is 0 Å². The Hall–Kier alpha value is -0.780. The van der Waals surface area contributed by atoms with Crippen molar-refractivity contribution < 1.29 is 0 Å². The zero-order chi connectivity index (χ0) is 16.8. The molecule has 0 saturated heterocycles. The standard InChI is InChI=1S/C23H42/c1-3-5-7-9-11-13-15-17-19-21-23-22-20-18-16-14-12-10-8-6-4-2/h7,9,11,13,17,19H,3-6,8,10,12,14-16,18,20-23H2,1-2H3/b9-7+,13-11-,19-17-. The fourth-order valence-corrected chi connectivity index (χ4v) is 2.72. The fourth-order valence-electron chi connectivity index (χ4n) is 2.72. The van der Waals surface area contributed by atoms with Gasteiger partial charge in [0.15, 0.2) is 0 Å².